The van der Waals surface area contributed by atoms with Gasteiger partial charge in [-0.3, -0.25) is 9.62 Å². The molecule has 1 heterocycles. The van der Waals surface area contributed by atoms with Gasteiger partial charge >= 0.3 is 6.03 Å². The van der Waals surface area contributed by atoms with Crippen LogP contribution in [0.2, 0.25) is 0 Å². The fourth-order valence-corrected chi connectivity index (χ4v) is 5.41. The number of piperidine rings is 1. The molecular formula is C31H40ClFN4O4S. The van der Waals surface area contributed by atoms with Gasteiger partial charge in [-0.05, 0) is 85.0 Å². The van der Waals surface area contributed by atoms with Crippen LogP contribution in [0.4, 0.5) is 20.6 Å². The van der Waals surface area contributed by atoms with Crippen molar-refractivity contribution >= 4 is 39.8 Å². The van der Waals surface area contributed by atoms with Crippen LogP contribution in [-0.2, 0) is 16.6 Å². The summed E-state index contributed by atoms with van der Waals surface area (Å²) in [6, 6.07) is 20.6. The lowest BCUT2D eigenvalue weighted by atomic mass is 10.00. The van der Waals surface area contributed by atoms with E-state index in [4.69, 9.17) is 4.74 Å². The second kappa shape index (κ2) is 15.2. The highest BCUT2D eigenvalue weighted by atomic mass is 35.5. The molecule has 0 spiro atoms. The van der Waals surface area contributed by atoms with E-state index in [1.165, 1.54) is 17.7 Å². The number of sulfonamides is 1. The number of likely N-dealkylation sites (tertiary alicyclic amines) is 1. The Labute approximate surface area is 254 Å². The molecule has 1 aliphatic heterocycles. The summed E-state index contributed by atoms with van der Waals surface area (Å²) in [6.45, 7) is 7.56. The SMILES string of the molecule is CC[C@H](C)CN(C(=O)Nc1ccc(F)cc1)C1CCN(Cc2ccc(Oc3ccc(NS(C)(=O)=O)cc3)cc2)CC1.Cl. The summed E-state index contributed by atoms with van der Waals surface area (Å²) in [5, 5.41) is 2.95. The molecule has 1 fully saturated rings. The van der Waals surface area contributed by atoms with E-state index in [0.717, 1.165) is 45.2 Å². The van der Waals surface area contributed by atoms with Gasteiger partial charge in [0, 0.05) is 43.6 Å². The fraction of sp³-hybridized carbons (Fsp3) is 0.387. The highest BCUT2D eigenvalue weighted by molar-refractivity contribution is 7.92. The number of ether oxygens (including phenoxy) is 1. The Morgan fingerprint density at radius 3 is 2.07 bits per heavy atom. The number of carbonyl (C=O) groups is 1. The second-order valence-corrected chi connectivity index (χ2v) is 12.5. The molecule has 0 saturated carbocycles. The summed E-state index contributed by atoms with van der Waals surface area (Å²) in [7, 11) is -3.32. The smallest absolute Gasteiger partial charge is 0.322 e. The van der Waals surface area contributed by atoms with Gasteiger partial charge < -0.3 is 15.0 Å². The van der Waals surface area contributed by atoms with Gasteiger partial charge in [0.1, 0.15) is 17.3 Å². The first kappa shape index (κ1) is 33.2. The van der Waals surface area contributed by atoms with E-state index in [1.807, 2.05) is 29.2 Å². The van der Waals surface area contributed by atoms with Gasteiger partial charge in [-0.1, -0.05) is 32.4 Å². The number of benzene rings is 3. The number of amides is 2. The lowest BCUT2D eigenvalue weighted by Gasteiger charge is -2.39. The van der Waals surface area contributed by atoms with Crippen LogP contribution < -0.4 is 14.8 Å². The van der Waals surface area contributed by atoms with Crippen molar-refractivity contribution in [2.24, 2.45) is 5.92 Å². The van der Waals surface area contributed by atoms with Crippen LogP contribution in [0.5, 0.6) is 11.5 Å². The zero-order chi connectivity index (χ0) is 29.4. The molecule has 3 aromatic rings. The molecule has 2 N–H and O–H groups in total. The van der Waals surface area contributed by atoms with Gasteiger partial charge in [0.05, 0.1) is 6.26 Å². The quantitative estimate of drug-likeness (QED) is 0.243. The molecule has 2 amide bonds. The number of hydrogen-bond donors (Lipinski definition) is 2. The van der Waals surface area contributed by atoms with E-state index in [1.54, 1.807) is 36.4 Å². The van der Waals surface area contributed by atoms with Crippen LogP contribution >= 0.6 is 12.4 Å². The predicted octanol–water partition coefficient (Wildman–Crippen LogP) is 6.96. The van der Waals surface area contributed by atoms with Crippen LogP contribution in [-0.4, -0.2) is 56.2 Å². The average Bonchev–Trinajstić information content (AvgIpc) is 2.94. The first-order chi connectivity index (χ1) is 19.6. The van der Waals surface area contributed by atoms with Crippen molar-refractivity contribution in [2.75, 3.05) is 35.9 Å². The molecule has 4 rings (SSSR count). The molecule has 0 aromatic heterocycles. The number of nitrogens with zero attached hydrogens (tertiary/aromatic N) is 2. The first-order valence-electron chi connectivity index (χ1n) is 14.0. The monoisotopic (exact) mass is 618 g/mol. The van der Waals surface area contributed by atoms with Crippen LogP contribution in [0.3, 0.4) is 0 Å². The molecular weight excluding hydrogens is 579 g/mol. The predicted molar refractivity (Wildman–Crippen MR) is 169 cm³/mol. The summed E-state index contributed by atoms with van der Waals surface area (Å²) < 4.78 is 44.4. The third kappa shape index (κ3) is 10.2. The lowest BCUT2D eigenvalue weighted by molar-refractivity contribution is 0.114. The molecule has 42 heavy (non-hydrogen) atoms. The zero-order valence-electron chi connectivity index (χ0n) is 24.3. The average molecular weight is 619 g/mol. The molecule has 0 radical (unpaired) electrons. The summed E-state index contributed by atoms with van der Waals surface area (Å²) in [4.78, 5) is 17.6. The molecule has 1 saturated heterocycles. The topological polar surface area (TPSA) is 91.0 Å². The van der Waals surface area contributed by atoms with Gasteiger partial charge in [0.2, 0.25) is 10.0 Å². The molecule has 1 atom stereocenters. The van der Waals surface area contributed by atoms with E-state index in [2.05, 4.69) is 28.8 Å². The largest absolute Gasteiger partial charge is 0.457 e. The fourth-order valence-electron chi connectivity index (χ4n) is 4.84. The minimum Gasteiger partial charge on any atom is -0.457 e. The Bertz CT molecular complexity index is 1380. The number of rotatable bonds is 11. The van der Waals surface area contributed by atoms with Crippen molar-refractivity contribution in [3.8, 4) is 11.5 Å². The summed E-state index contributed by atoms with van der Waals surface area (Å²) in [6.07, 6.45) is 3.88. The minimum atomic E-state index is -3.32. The molecule has 11 heteroatoms. The molecule has 0 aliphatic carbocycles. The normalized spacial score (nSPS) is 14.9. The highest BCUT2D eigenvalue weighted by Crippen LogP contribution is 2.25. The minimum absolute atomic E-state index is 0. The van der Waals surface area contributed by atoms with Crippen molar-refractivity contribution in [3.05, 3.63) is 84.2 Å². The number of urea groups is 1. The Balaban J connectivity index is 0.00000484. The Kier molecular flexibility index (Phi) is 12.0. The van der Waals surface area contributed by atoms with Gasteiger partial charge in [0.25, 0.3) is 0 Å². The molecule has 3 aromatic carbocycles. The van der Waals surface area contributed by atoms with Crippen LogP contribution in [0.25, 0.3) is 0 Å². The van der Waals surface area contributed by atoms with E-state index in [-0.39, 0.29) is 30.3 Å². The molecule has 1 aliphatic rings. The molecule has 0 unspecified atom stereocenters. The van der Waals surface area contributed by atoms with Gasteiger partial charge in [0.15, 0.2) is 0 Å². The second-order valence-electron chi connectivity index (χ2n) is 10.8. The number of carbonyl (C=O) groups excluding carboxylic acids is 1. The molecule has 228 valence electrons. The van der Waals surface area contributed by atoms with Gasteiger partial charge in [-0.2, -0.15) is 0 Å². The highest BCUT2D eigenvalue weighted by Gasteiger charge is 2.29. The van der Waals surface area contributed by atoms with Crippen molar-refractivity contribution in [1.29, 1.82) is 0 Å². The number of halogens is 2. The Morgan fingerprint density at radius 2 is 1.52 bits per heavy atom. The third-order valence-corrected chi connectivity index (χ3v) is 7.89. The van der Waals surface area contributed by atoms with Crippen molar-refractivity contribution in [2.45, 2.75) is 45.7 Å². The van der Waals surface area contributed by atoms with Crippen LogP contribution in [0.15, 0.2) is 72.8 Å². The Hall–Kier alpha value is -3.34. The first-order valence-corrected chi connectivity index (χ1v) is 15.9. The maximum atomic E-state index is 13.3. The summed E-state index contributed by atoms with van der Waals surface area (Å²) >= 11 is 0. The van der Waals surface area contributed by atoms with E-state index < -0.39 is 10.0 Å². The molecule has 0 bridgehead atoms. The van der Waals surface area contributed by atoms with Crippen molar-refractivity contribution in [3.63, 3.8) is 0 Å². The van der Waals surface area contributed by atoms with Crippen molar-refractivity contribution in [1.82, 2.24) is 9.80 Å². The molecule has 8 nitrogen and oxygen atoms in total. The van der Waals surface area contributed by atoms with Crippen LogP contribution in [0, 0.1) is 11.7 Å². The number of hydrogen-bond acceptors (Lipinski definition) is 5. The Morgan fingerprint density at radius 1 is 0.976 bits per heavy atom. The summed E-state index contributed by atoms with van der Waals surface area (Å²) in [5.74, 6) is 1.37. The summed E-state index contributed by atoms with van der Waals surface area (Å²) in [5.41, 5.74) is 2.25. The van der Waals surface area contributed by atoms with E-state index >= 15 is 0 Å². The maximum absolute atomic E-state index is 13.3. The third-order valence-electron chi connectivity index (χ3n) is 7.28. The lowest BCUT2D eigenvalue weighted by Crippen LogP contribution is -2.50. The standard InChI is InChI=1S/C31H39FN4O4S.ClH/c1-4-23(2)21-36(31(37)33-26-9-7-25(32)8-10-26)28-17-19-35(20-18-28)22-24-5-13-29(14-6-24)40-30-15-11-27(12-16-30)34-41(3,38)39;/h5-16,23,28,34H,4,17-22H2,1-3H3,(H,33,37);1H/t23-;/m0./s1. The maximum Gasteiger partial charge on any atom is 0.322 e. The van der Waals surface area contributed by atoms with Crippen LogP contribution in [0.1, 0.15) is 38.7 Å². The number of anilines is 2. The van der Waals surface area contributed by atoms with Gasteiger partial charge in [-0.25, -0.2) is 17.6 Å². The number of nitrogens with one attached hydrogen (secondary N) is 2. The van der Waals surface area contributed by atoms with Crippen molar-refractivity contribution < 1.29 is 22.3 Å². The zero-order valence-corrected chi connectivity index (χ0v) is 25.9. The van der Waals surface area contributed by atoms with Gasteiger partial charge in [-0.15, -0.1) is 12.4 Å². The van der Waals surface area contributed by atoms with E-state index in [0.29, 0.717) is 35.3 Å². The van der Waals surface area contributed by atoms with E-state index in [9.17, 15) is 17.6 Å².